The molecule has 0 saturated carbocycles. The van der Waals surface area contributed by atoms with Crippen LogP contribution < -0.4 is 5.32 Å². The molecular weight excluding hydrogens is 282 g/mol. The van der Waals surface area contributed by atoms with Gasteiger partial charge in [0.25, 0.3) is 0 Å². The lowest BCUT2D eigenvalue weighted by atomic mass is 10.0. The summed E-state index contributed by atoms with van der Waals surface area (Å²) in [6, 6.07) is 2.65. The zero-order chi connectivity index (χ0) is 16.3. The SMILES string of the molecule is CCCCC(=O)NC1=C(CCC)c2cc(O)c(O)cc2C1=O. The van der Waals surface area contributed by atoms with Crippen LogP contribution in [0.2, 0.25) is 0 Å². The first-order valence-corrected chi connectivity index (χ1v) is 7.63. The van der Waals surface area contributed by atoms with Gasteiger partial charge in [0.15, 0.2) is 11.5 Å². The third-order valence-electron chi connectivity index (χ3n) is 3.74. The minimum atomic E-state index is -0.332. The van der Waals surface area contributed by atoms with Gasteiger partial charge >= 0.3 is 0 Å². The Kier molecular flexibility index (Phi) is 4.85. The molecular formula is C17H21NO4. The van der Waals surface area contributed by atoms with Gasteiger partial charge < -0.3 is 15.5 Å². The van der Waals surface area contributed by atoms with E-state index in [0.717, 1.165) is 24.8 Å². The maximum atomic E-state index is 12.5. The third-order valence-corrected chi connectivity index (χ3v) is 3.74. The summed E-state index contributed by atoms with van der Waals surface area (Å²) in [4.78, 5) is 24.4. The second kappa shape index (κ2) is 6.64. The average molecular weight is 303 g/mol. The average Bonchev–Trinajstić information content (AvgIpc) is 2.72. The van der Waals surface area contributed by atoms with Crippen LogP contribution in [0.25, 0.3) is 5.57 Å². The Bertz CT molecular complexity index is 646. The number of carbonyl (C=O) groups is 2. The maximum Gasteiger partial charge on any atom is 0.224 e. The van der Waals surface area contributed by atoms with Crippen molar-refractivity contribution in [3.8, 4) is 11.5 Å². The van der Waals surface area contributed by atoms with Gasteiger partial charge in [-0.05, 0) is 36.1 Å². The van der Waals surface area contributed by atoms with E-state index in [0.29, 0.717) is 24.0 Å². The second-order valence-corrected chi connectivity index (χ2v) is 5.47. The molecule has 3 N–H and O–H groups in total. The highest BCUT2D eigenvalue weighted by Gasteiger charge is 2.31. The van der Waals surface area contributed by atoms with Crippen LogP contribution in [0.1, 0.15) is 61.9 Å². The highest BCUT2D eigenvalue weighted by atomic mass is 16.3. The molecule has 0 bridgehead atoms. The number of carbonyl (C=O) groups excluding carboxylic acids is 2. The molecule has 5 heteroatoms. The number of hydrogen-bond donors (Lipinski definition) is 3. The van der Waals surface area contributed by atoms with E-state index >= 15 is 0 Å². The number of benzene rings is 1. The molecule has 0 aliphatic heterocycles. The van der Waals surface area contributed by atoms with Crippen LogP contribution in [0.15, 0.2) is 17.8 Å². The number of nitrogens with one attached hydrogen (secondary N) is 1. The van der Waals surface area contributed by atoms with Crippen molar-refractivity contribution >= 4 is 17.3 Å². The number of phenolic OH excluding ortho intramolecular Hbond substituents is 2. The lowest BCUT2D eigenvalue weighted by Crippen LogP contribution is -2.26. The Morgan fingerprint density at radius 1 is 1.09 bits per heavy atom. The Labute approximate surface area is 129 Å². The van der Waals surface area contributed by atoms with E-state index in [1.165, 1.54) is 12.1 Å². The van der Waals surface area contributed by atoms with E-state index < -0.39 is 0 Å². The molecule has 22 heavy (non-hydrogen) atoms. The summed E-state index contributed by atoms with van der Waals surface area (Å²) in [6.45, 7) is 3.98. The lowest BCUT2D eigenvalue weighted by Gasteiger charge is -2.08. The van der Waals surface area contributed by atoms with Gasteiger partial charge in [-0.15, -0.1) is 0 Å². The number of fused-ring (bicyclic) bond motifs is 1. The number of allylic oxidation sites excluding steroid dienone is 2. The number of amides is 1. The minimum absolute atomic E-state index is 0.181. The van der Waals surface area contributed by atoms with Crippen LogP contribution in [0.3, 0.4) is 0 Å². The molecule has 1 aliphatic carbocycles. The van der Waals surface area contributed by atoms with E-state index in [1.807, 2.05) is 13.8 Å². The highest BCUT2D eigenvalue weighted by Crippen LogP contribution is 2.40. The van der Waals surface area contributed by atoms with Gasteiger partial charge in [-0.2, -0.15) is 0 Å². The van der Waals surface area contributed by atoms with Crippen molar-refractivity contribution in [1.82, 2.24) is 5.32 Å². The molecule has 1 aromatic carbocycles. The zero-order valence-electron chi connectivity index (χ0n) is 12.9. The van der Waals surface area contributed by atoms with Crippen molar-refractivity contribution in [2.24, 2.45) is 0 Å². The van der Waals surface area contributed by atoms with Gasteiger partial charge in [0.2, 0.25) is 11.7 Å². The van der Waals surface area contributed by atoms with Gasteiger partial charge in [-0.25, -0.2) is 0 Å². The predicted octanol–water partition coefficient (Wildman–Crippen LogP) is 3.11. The van der Waals surface area contributed by atoms with Crippen molar-refractivity contribution in [3.63, 3.8) is 0 Å². The number of aromatic hydroxyl groups is 2. The van der Waals surface area contributed by atoms with Crippen molar-refractivity contribution < 1.29 is 19.8 Å². The molecule has 5 nitrogen and oxygen atoms in total. The standard InChI is InChI=1S/C17H21NO4/c1-3-5-7-15(21)18-16-10(6-4-2)11-8-13(19)14(20)9-12(11)17(16)22/h8-9,19-20H,3-7H2,1-2H3,(H,18,21,22). The molecule has 0 unspecified atom stereocenters. The molecule has 0 atom stereocenters. The molecule has 118 valence electrons. The summed E-state index contributed by atoms with van der Waals surface area (Å²) in [6.07, 6.45) is 3.47. The summed E-state index contributed by atoms with van der Waals surface area (Å²) in [5, 5.41) is 22.0. The van der Waals surface area contributed by atoms with Crippen LogP contribution in [0, 0.1) is 0 Å². The highest BCUT2D eigenvalue weighted by molar-refractivity contribution is 6.22. The van der Waals surface area contributed by atoms with E-state index in [4.69, 9.17) is 0 Å². The number of hydrogen-bond acceptors (Lipinski definition) is 4. The molecule has 0 spiro atoms. The smallest absolute Gasteiger partial charge is 0.224 e. The van der Waals surface area contributed by atoms with Crippen LogP contribution in [0.5, 0.6) is 11.5 Å². The van der Waals surface area contributed by atoms with Crippen molar-refractivity contribution in [2.45, 2.75) is 46.0 Å². The molecule has 1 amide bonds. The topological polar surface area (TPSA) is 86.6 Å². The van der Waals surface area contributed by atoms with Crippen LogP contribution >= 0.6 is 0 Å². The van der Waals surface area contributed by atoms with E-state index in [9.17, 15) is 19.8 Å². The largest absolute Gasteiger partial charge is 0.504 e. The van der Waals surface area contributed by atoms with Crippen LogP contribution in [-0.2, 0) is 4.79 Å². The number of unbranched alkanes of at least 4 members (excludes halogenated alkanes) is 1. The van der Waals surface area contributed by atoms with Crippen LogP contribution in [0.4, 0.5) is 0 Å². The fourth-order valence-corrected chi connectivity index (χ4v) is 2.60. The number of rotatable bonds is 6. The molecule has 0 fully saturated rings. The second-order valence-electron chi connectivity index (χ2n) is 5.47. The monoisotopic (exact) mass is 303 g/mol. The first-order chi connectivity index (χ1) is 10.5. The molecule has 0 aromatic heterocycles. The summed E-state index contributed by atoms with van der Waals surface area (Å²) in [5.74, 6) is -1.08. The molecule has 1 aromatic rings. The normalized spacial score (nSPS) is 13.5. The van der Waals surface area contributed by atoms with Crippen LogP contribution in [-0.4, -0.2) is 21.9 Å². The van der Waals surface area contributed by atoms with Gasteiger partial charge in [0, 0.05) is 12.0 Å². The molecule has 2 rings (SSSR count). The predicted molar refractivity (Wildman–Crippen MR) is 83.6 cm³/mol. The quantitative estimate of drug-likeness (QED) is 0.705. The number of Topliss-reactive ketones (excluding diaryl/α,β-unsaturated/α-hetero) is 1. The number of phenols is 2. The number of ketones is 1. The minimum Gasteiger partial charge on any atom is -0.504 e. The Hall–Kier alpha value is -2.30. The van der Waals surface area contributed by atoms with Crippen molar-refractivity contribution in [1.29, 1.82) is 0 Å². The summed E-state index contributed by atoms with van der Waals surface area (Å²) in [5.41, 5.74) is 1.92. The fourth-order valence-electron chi connectivity index (χ4n) is 2.60. The first-order valence-electron chi connectivity index (χ1n) is 7.63. The van der Waals surface area contributed by atoms with Crippen molar-refractivity contribution in [2.75, 3.05) is 0 Å². The maximum absolute atomic E-state index is 12.5. The first kappa shape index (κ1) is 16.1. The van der Waals surface area contributed by atoms with E-state index in [1.54, 1.807) is 0 Å². The van der Waals surface area contributed by atoms with Gasteiger partial charge in [-0.3, -0.25) is 9.59 Å². The summed E-state index contributed by atoms with van der Waals surface area (Å²) >= 11 is 0. The molecule has 0 radical (unpaired) electrons. The Morgan fingerprint density at radius 3 is 2.32 bits per heavy atom. The van der Waals surface area contributed by atoms with Gasteiger partial charge in [-0.1, -0.05) is 26.7 Å². The Balaban J connectivity index is 2.37. The fraction of sp³-hybridized carbons (Fsp3) is 0.412. The van der Waals surface area contributed by atoms with E-state index in [-0.39, 0.29) is 28.9 Å². The third kappa shape index (κ3) is 2.98. The van der Waals surface area contributed by atoms with Gasteiger partial charge in [0.05, 0.1) is 5.70 Å². The molecule has 0 heterocycles. The zero-order valence-corrected chi connectivity index (χ0v) is 12.9. The van der Waals surface area contributed by atoms with E-state index in [2.05, 4.69) is 5.32 Å². The Morgan fingerprint density at radius 2 is 1.73 bits per heavy atom. The molecule has 0 saturated heterocycles. The summed E-state index contributed by atoms with van der Waals surface area (Å²) < 4.78 is 0. The molecule has 1 aliphatic rings. The summed E-state index contributed by atoms with van der Waals surface area (Å²) in [7, 11) is 0. The van der Waals surface area contributed by atoms with Gasteiger partial charge in [0.1, 0.15) is 0 Å². The lowest BCUT2D eigenvalue weighted by molar-refractivity contribution is -0.120. The van der Waals surface area contributed by atoms with Crippen molar-refractivity contribution in [3.05, 3.63) is 29.0 Å².